The number of carbonyl (C=O) groups excluding carboxylic acids is 3. The van der Waals surface area contributed by atoms with Crippen LogP contribution < -0.4 is 10.6 Å². The lowest BCUT2D eigenvalue weighted by Crippen LogP contribution is -2.52. The van der Waals surface area contributed by atoms with Crippen LogP contribution in [0.25, 0.3) is 0 Å². The first-order chi connectivity index (χ1) is 11.4. The normalized spacial score (nSPS) is 12.6. The molecule has 0 heterocycles. The van der Waals surface area contributed by atoms with Gasteiger partial charge in [0.05, 0.1) is 7.11 Å². The van der Waals surface area contributed by atoms with Gasteiger partial charge < -0.3 is 15.4 Å². The maximum absolute atomic E-state index is 13.0. The predicted octanol–water partition coefficient (Wildman–Crippen LogP) is 1.11. The molecule has 0 saturated carbocycles. The third kappa shape index (κ3) is 6.20. The Bertz CT molecular complexity index is 601. The van der Waals surface area contributed by atoms with Crippen LogP contribution in [-0.4, -0.2) is 37.0 Å². The van der Waals surface area contributed by atoms with E-state index in [-0.39, 0.29) is 12.8 Å². The van der Waals surface area contributed by atoms with E-state index in [1.165, 1.54) is 44.4 Å². The van der Waals surface area contributed by atoms with Crippen LogP contribution in [0.3, 0.4) is 0 Å². The van der Waals surface area contributed by atoms with Crippen molar-refractivity contribution in [1.82, 2.24) is 10.6 Å². The van der Waals surface area contributed by atoms with Crippen LogP contribution in [0.15, 0.2) is 36.9 Å². The summed E-state index contributed by atoms with van der Waals surface area (Å²) in [5.74, 6) is -1.93. The molecule has 1 aromatic carbocycles. The van der Waals surface area contributed by atoms with Crippen molar-refractivity contribution in [3.63, 3.8) is 0 Å². The predicted molar refractivity (Wildman–Crippen MR) is 86.5 cm³/mol. The number of ether oxygens (including phenoxy) is 1. The van der Waals surface area contributed by atoms with Crippen molar-refractivity contribution in [2.75, 3.05) is 7.11 Å². The summed E-state index contributed by atoms with van der Waals surface area (Å²) in [6, 6.07) is 3.81. The van der Waals surface area contributed by atoms with Gasteiger partial charge in [-0.15, -0.1) is 6.58 Å². The van der Waals surface area contributed by atoms with Crippen LogP contribution in [-0.2, 0) is 25.5 Å². The van der Waals surface area contributed by atoms with Crippen LogP contribution in [0, 0.1) is 5.82 Å². The molecule has 0 fully saturated rings. The maximum Gasteiger partial charge on any atom is 0.328 e. The van der Waals surface area contributed by atoms with Gasteiger partial charge in [-0.2, -0.15) is 0 Å². The quantitative estimate of drug-likeness (QED) is 0.550. The number of halogens is 1. The van der Waals surface area contributed by atoms with Gasteiger partial charge >= 0.3 is 5.97 Å². The van der Waals surface area contributed by atoms with E-state index in [2.05, 4.69) is 21.9 Å². The van der Waals surface area contributed by atoms with E-state index in [9.17, 15) is 18.8 Å². The van der Waals surface area contributed by atoms with Gasteiger partial charge in [0, 0.05) is 13.3 Å². The van der Waals surface area contributed by atoms with Crippen molar-refractivity contribution in [2.24, 2.45) is 0 Å². The lowest BCUT2D eigenvalue weighted by atomic mass is 10.0. The number of carbonyl (C=O) groups is 3. The molecule has 0 aliphatic rings. The van der Waals surface area contributed by atoms with Crippen molar-refractivity contribution >= 4 is 17.8 Å². The SMILES string of the molecule is C=CC[C@H](NC(=O)[C@@H](Cc1ccc(F)cc1)NC(C)=O)C(=O)OC. The number of hydrogen-bond acceptors (Lipinski definition) is 4. The molecule has 2 N–H and O–H groups in total. The smallest absolute Gasteiger partial charge is 0.328 e. The molecule has 0 unspecified atom stereocenters. The fourth-order valence-corrected chi connectivity index (χ4v) is 2.11. The summed E-state index contributed by atoms with van der Waals surface area (Å²) in [6.07, 6.45) is 1.84. The highest BCUT2D eigenvalue weighted by atomic mass is 19.1. The van der Waals surface area contributed by atoms with E-state index in [1.807, 2.05) is 0 Å². The first kappa shape index (κ1) is 19.3. The number of methoxy groups -OCH3 is 1. The first-order valence-electron chi connectivity index (χ1n) is 7.38. The Morgan fingerprint density at radius 2 is 1.83 bits per heavy atom. The Balaban J connectivity index is 2.86. The fourth-order valence-electron chi connectivity index (χ4n) is 2.11. The summed E-state index contributed by atoms with van der Waals surface area (Å²) in [4.78, 5) is 35.4. The standard InChI is InChI=1S/C17H21FN2O4/c1-4-5-14(17(23)24-3)20-16(22)15(19-11(2)21)10-12-6-8-13(18)9-7-12/h4,6-9,14-15H,1,5,10H2,2-3H3,(H,19,21)(H,20,22)/t14-,15+/m0/s1. The molecule has 0 radical (unpaired) electrons. The van der Waals surface area contributed by atoms with Crippen LogP contribution in [0.1, 0.15) is 18.9 Å². The van der Waals surface area contributed by atoms with Gasteiger partial charge in [-0.3, -0.25) is 9.59 Å². The number of amides is 2. The molecule has 6 nitrogen and oxygen atoms in total. The van der Waals surface area contributed by atoms with E-state index in [4.69, 9.17) is 0 Å². The second-order valence-electron chi connectivity index (χ2n) is 5.19. The Morgan fingerprint density at radius 1 is 1.21 bits per heavy atom. The van der Waals surface area contributed by atoms with Crippen molar-refractivity contribution in [3.05, 3.63) is 48.3 Å². The molecule has 1 aromatic rings. The molecule has 0 saturated heterocycles. The molecule has 0 spiro atoms. The third-order valence-electron chi connectivity index (χ3n) is 3.25. The van der Waals surface area contributed by atoms with E-state index in [0.29, 0.717) is 5.56 Å². The zero-order chi connectivity index (χ0) is 18.1. The monoisotopic (exact) mass is 336 g/mol. The van der Waals surface area contributed by atoms with Gasteiger partial charge in [-0.05, 0) is 24.1 Å². The van der Waals surface area contributed by atoms with Crippen molar-refractivity contribution < 1.29 is 23.5 Å². The lowest BCUT2D eigenvalue weighted by molar-refractivity contribution is -0.145. The number of hydrogen-bond donors (Lipinski definition) is 2. The summed E-state index contributed by atoms with van der Waals surface area (Å²) < 4.78 is 17.6. The van der Waals surface area contributed by atoms with E-state index in [1.54, 1.807) is 0 Å². The maximum atomic E-state index is 13.0. The Hall–Kier alpha value is -2.70. The largest absolute Gasteiger partial charge is 0.467 e. The summed E-state index contributed by atoms with van der Waals surface area (Å²) in [5, 5.41) is 5.06. The molecular formula is C17H21FN2O4. The van der Waals surface area contributed by atoms with Crippen molar-refractivity contribution in [3.8, 4) is 0 Å². The van der Waals surface area contributed by atoms with Gasteiger partial charge in [0.1, 0.15) is 17.9 Å². The number of esters is 1. The molecule has 2 atom stereocenters. The van der Waals surface area contributed by atoms with E-state index < -0.39 is 35.7 Å². The van der Waals surface area contributed by atoms with Crippen LogP contribution in [0.4, 0.5) is 4.39 Å². The van der Waals surface area contributed by atoms with E-state index >= 15 is 0 Å². The number of rotatable bonds is 8. The second-order valence-corrected chi connectivity index (χ2v) is 5.19. The molecule has 0 aliphatic carbocycles. The Morgan fingerprint density at radius 3 is 2.33 bits per heavy atom. The second kappa shape index (κ2) is 9.44. The van der Waals surface area contributed by atoms with Gasteiger partial charge in [0.25, 0.3) is 0 Å². The average Bonchev–Trinajstić information content (AvgIpc) is 2.54. The highest BCUT2D eigenvalue weighted by Gasteiger charge is 2.26. The zero-order valence-corrected chi connectivity index (χ0v) is 13.7. The lowest BCUT2D eigenvalue weighted by Gasteiger charge is -2.21. The summed E-state index contributed by atoms with van der Waals surface area (Å²) in [5.41, 5.74) is 0.670. The van der Waals surface area contributed by atoms with Gasteiger partial charge in [0.15, 0.2) is 0 Å². The van der Waals surface area contributed by atoms with Crippen LogP contribution >= 0.6 is 0 Å². The summed E-state index contributed by atoms with van der Waals surface area (Å²) in [7, 11) is 1.22. The minimum absolute atomic E-state index is 0.160. The molecule has 1 rings (SSSR count). The molecule has 0 bridgehead atoms. The Labute approximate surface area is 140 Å². The summed E-state index contributed by atoms with van der Waals surface area (Å²) in [6.45, 7) is 4.81. The van der Waals surface area contributed by atoms with Gasteiger partial charge in [0.2, 0.25) is 11.8 Å². The first-order valence-corrected chi connectivity index (χ1v) is 7.38. The third-order valence-corrected chi connectivity index (χ3v) is 3.25. The zero-order valence-electron chi connectivity index (χ0n) is 13.7. The summed E-state index contributed by atoms with van der Waals surface area (Å²) >= 11 is 0. The van der Waals surface area contributed by atoms with Gasteiger partial charge in [-0.25, -0.2) is 9.18 Å². The molecule has 130 valence electrons. The molecule has 0 aromatic heterocycles. The minimum atomic E-state index is -0.898. The van der Waals surface area contributed by atoms with Crippen molar-refractivity contribution in [1.29, 1.82) is 0 Å². The molecule has 24 heavy (non-hydrogen) atoms. The van der Waals surface area contributed by atoms with Crippen LogP contribution in [0.2, 0.25) is 0 Å². The molecule has 0 aliphatic heterocycles. The molecule has 2 amide bonds. The van der Waals surface area contributed by atoms with E-state index in [0.717, 1.165) is 0 Å². The average molecular weight is 336 g/mol. The molecular weight excluding hydrogens is 315 g/mol. The van der Waals surface area contributed by atoms with Crippen LogP contribution in [0.5, 0.6) is 0 Å². The molecule has 7 heteroatoms. The highest BCUT2D eigenvalue weighted by Crippen LogP contribution is 2.07. The Kier molecular flexibility index (Phi) is 7.61. The number of nitrogens with one attached hydrogen (secondary N) is 2. The van der Waals surface area contributed by atoms with Gasteiger partial charge in [-0.1, -0.05) is 18.2 Å². The minimum Gasteiger partial charge on any atom is -0.467 e. The van der Waals surface area contributed by atoms with Crippen molar-refractivity contribution in [2.45, 2.75) is 31.8 Å². The topological polar surface area (TPSA) is 84.5 Å². The number of benzene rings is 1. The highest BCUT2D eigenvalue weighted by molar-refractivity contribution is 5.90. The fraction of sp³-hybridized carbons (Fsp3) is 0.353.